The number of ether oxygens (including phenoxy) is 1. The van der Waals surface area contributed by atoms with Crippen LogP contribution in [0.15, 0.2) is 18.2 Å². The molecular weight excluding hydrogens is 256 g/mol. The molecule has 2 rings (SSSR count). The smallest absolute Gasteiger partial charge is 0.0745 e. The van der Waals surface area contributed by atoms with E-state index in [0.717, 1.165) is 19.1 Å². The number of hydrogen-bond acceptors (Lipinski definition) is 3. The zero-order chi connectivity index (χ0) is 11.8. The van der Waals surface area contributed by atoms with Crippen molar-refractivity contribution >= 4 is 5.69 Å². The Morgan fingerprint density at radius 2 is 2.35 bits per heavy atom. The minimum absolute atomic E-state index is 0. The van der Waals surface area contributed by atoms with Crippen molar-refractivity contribution in [2.24, 2.45) is 5.92 Å². The molecule has 1 aliphatic rings. The van der Waals surface area contributed by atoms with Crippen molar-refractivity contribution in [3.8, 4) is 6.07 Å². The fraction of sp³-hybridized carbons (Fsp3) is 0.462. The summed E-state index contributed by atoms with van der Waals surface area (Å²) in [5.74, 6) is 0.814. The molecule has 2 N–H and O–H groups in total. The maximum absolute atomic E-state index is 8.37. The van der Waals surface area contributed by atoms with E-state index in [2.05, 4.69) is 13.0 Å². The van der Waals surface area contributed by atoms with Gasteiger partial charge in [-0.3, -0.25) is 0 Å². The molecule has 1 aromatic carbocycles. The van der Waals surface area contributed by atoms with Gasteiger partial charge in [0, 0.05) is 30.3 Å². The molecule has 1 fully saturated rings. The Morgan fingerprint density at radius 3 is 2.71 bits per heavy atom. The van der Waals surface area contributed by atoms with Gasteiger partial charge in [-0.05, 0) is 24.3 Å². The molecule has 0 aliphatic carbocycles. The van der Waals surface area contributed by atoms with Crippen LogP contribution in [0.3, 0.4) is 0 Å². The Hall–Kier alpha value is -1.01. The van der Waals surface area contributed by atoms with E-state index in [1.54, 1.807) is 18.2 Å². The van der Waals surface area contributed by atoms with Crippen LogP contribution in [-0.2, 0) is 21.8 Å². The SMILES string of the molecule is CC1CCCOC1.N#Cc1cc[c-]cc1N.[Fe]. The molecule has 1 aromatic rings. The normalized spacial score (nSPS) is 18.0. The van der Waals surface area contributed by atoms with E-state index in [0.29, 0.717) is 11.3 Å². The van der Waals surface area contributed by atoms with Crippen LogP contribution in [0, 0.1) is 23.3 Å². The van der Waals surface area contributed by atoms with Gasteiger partial charge >= 0.3 is 0 Å². The van der Waals surface area contributed by atoms with Crippen molar-refractivity contribution in [1.82, 2.24) is 0 Å². The standard InChI is InChI=1S/C7H5N2.C6H12O.Fe/c8-5-6-3-1-2-4-7(6)9;1-6-3-2-4-7-5-6;/h1,3-4H,9H2;6H,2-5H2,1H3;/q-1;;. The van der Waals surface area contributed by atoms with E-state index in [1.165, 1.54) is 12.8 Å². The van der Waals surface area contributed by atoms with Crippen molar-refractivity contribution in [2.45, 2.75) is 19.8 Å². The van der Waals surface area contributed by atoms with Crippen LogP contribution in [0.25, 0.3) is 0 Å². The number of hydrogen-bond donors (Lipinski definition) is 1. The molecular formula is C13H17FeN2O-. The van der Waals surface area contributed by atoms with Crippen LogP contribution in [0.2, 0.25) is 0 Å². The summed E-state index contributed by atoms with van der Waals surface area (Å²) in [5.41, 5.74) is 6.37. The van der Waals surface area contributed by atoms with Gasteiger partial charge in [0.1, 0.15) is 0 Å². The topological polar surface area (TPSA) is 59.0 Å². The number of benzene rings is 1. The van der Waals surface area contributed by atoms with E-state index in [1.807, 2.05) is 6.07 Å². The first-order valence-electron chi connectivity index (χ1n) is 5.47. The fourth-order valence-electron chi connectivity index (χ4n) is 1.45. The second-order valence-corrected chi connectivity index (χ2v) is 3.95. The van der Waals surface area contributed by atoms with Gasteiger partial charge in [-0.2, -0.15) is 29.5 Å². The van der Waals surface area contributed by atoms with Crippen molar-refractivity contribution in [3.05, 3.63) is 29.8 Å². The number of nitriles is 1. The number of nitrogens with two attached hydrogens (primary N) is 1. The van der Waals surface area contributed by atoms with Gasteiger partial charge in [0.15, 0.2) is 0 Å². The second-order valence-electron chi connectivity index (χ2n) is 3.95. The molecule has 1 atom stereocenters. The maximum atomic E-state index is 8.37. The van der Waals surface area contributed by atoms with Gasteiger partial charge in [-0.15, -0.1) is 0 Å². The zero-order valence-electron chi connectivity index (χ0n) is 9.92. The molecule has 1 aliphatic heterocycles. The zero-order valence-corrected chi connectivity index (χ0v) is 11.0. The van der Waals surface area contributed by atoms with Crippen molar-refractivity contribution in [3.63, 3.8) is 0 Å². The molecule has 3 nitrogen and oxygen atoms in total. The molecule has 94 valence electrons. The van der Waals surface area contributed by atoms with E-state index in [-0.39, 0.29) is 17.1 Å². The number of anilines is 1. The van der Waals surface area contributed by atoms with Crippen molar-refractivity contribution in [1.29, 1.82) is 5.26 Å². The largest absolute Gasteiger partial charge is 0.448 e. The monoisotopic (exact) mass is 273 g/mol. The third-order valence-corrected chi connectivity index (χ3v) is 2.40. The minimum atomic E-state index is 0. The molecule has 0 aromatic heterocycles. The summed E-state index contributed by atoms with van der Waals surface area (Å²) in [6, 6.07) is 9.59. The van der Waals surface area contributed by atoms with Crippen LogP contribution < -0.4 is 5.73 Å². The molecule has 0 spiro atoms. The van der Waals surface area contributed by atoms with Crippen LogP contribution >= 0.6 is 0 Å². The summed E-state index contributed by atoms with van der Waals surface area (Å²) in [5, 5.41) is 8.37. The Labute approximate surface area is 113 Å². The number of nitrogen functional groups attached to an aromatic ring is 1. The molecule has 17 heavy (non-hydrogen) atoms. The molecule has 0 saturated carbocycles. The Kier molecular flexibility index (Phi) is 8.53. The Bertz CT molecular complexity index is 357. The molecule has 0 radical (unpaired) electrons. The molecule has 1 heterocycles. The average molecular weight is 273 g/mol. The van der Waals surface area contributed by atoms with Gasteiger partial charge in [0.05, 0.1) is 6.07 Å². The quantitative estimate of drug-likeness (QED) is 0.448. The second kappa shape index (κ2) is 9.06. The van der Waals surface area contributed by atoms with Gasteiger partial charge in [-0.1, -0.05) is 12.6 Å². The molecule has 1 unspecified atom stereocenters. The van der Waals surface area contributed by atoms with E-state index < -0.39 is 0 Å². The summed E-state index contributed by atoms with van der Waals surface area (Å²) in [7, 11) is 0. The van der Waals surface area contributed by atoms with Gasteiger partial charge in [0.2, 0.25) is 0 Å². The third kappa shape index (κ3) is 6.33. The summed E-state index contributed by atoms with van der Waals surface area (Å²) in [6.45, 7) is 4.21. The molecule has 1 saturated heterocycles. The number of rotatable bonds is 0. The van der Waals surface area contributed by atoms with Crippen LogP contribution in [0.4, 0.5) is 5.69 Å². The van der Waals surface area contributed by atoms with E-state index >= 15 is 0 Å². The minimum Gasteiger partial charge on any atom is -0.448 e. The summed E-state index contributed by atoms with van der Waals surface area (Å²) in [4.78, 5) is 0. The predicted octanol–water partition coefficient (Wildman–Crippen LogP) is 2.37. The van der Waals surface area contributed by atoms with Crippen molar-refractivity contribution in [2.75, 3.05) is 18.9 Å². The molecule has 0 bridgehead atoms. The van der Waals surface area contributed by atoms with Crippen LogP contribution in [0.5, 0.6) is 0 Å². The van der Waals surface area contributed by atoms with Crippen LogP contribution in [0.1, 0.15) is 25.3 Å². The first-order valence-corrected chi connectivity index (χ1v) is 5.47. The number of nitrogens with zero attached hydrogens (tertiary/aromatic N) is 1. The van der Waals surface area contributed by atoms with Gasteiger partial charge in [0.25, 0.3) is 0 Å². The maximum Gasteiger partial charge on any atom is 0.0745 e. The van der Waals surface area contributed by atoms with E-state index in [9.17, 15) is 0 Å². The fourth-order valence-corrected chi connectivity index (χ4v) is 1.45. The van der Waals surface area contributed by atoms with Gasteiger partial charge < -0.3 is 10.5 Å². The summed E-state index contributed by atoms with van der Waals surface area (Å²) in [6.07, 6.45) is 2.63. The molecule has 4 heteroatoms. The summed E-state index contributed by atoms with van der Waals surface area (Å²) >= 11 is 0. The predicted molar refractivity (Wildman–Crippen MR) is 63.6 cm³/mol. The van der Waals surface area contributed by atoms with Crippen LogP contribution in [-0.4, -0.2) is 13.2 Å². The van der Waals surface area contributed by atoms with Crippen molar-refractivity contribution < 1.29 is 21.8 Å². The Balaban J connectivity index is 0.000000292. The van der Waals surface area contributed by atoms with Gasteiger partial charge in [-0.25, -0.2) is 0 Å². The summed E-state index contributed by atoms with van der Waals surface area (Å²) < 4.78 is 5.18. The average Bonchev–Trinajstić information content (AvgIpc) is 2.31. The Morgan fingerprint density at radius 1 is 1.59 bits per heavy atom. The third-order valence-electron chi connectivity index (χ3n) is 2.40. The van der Waals surface area contributed by atoms with E-state index in [4.69, 9.17) is 15.7 Å². The first-order chi connectivity index (χ1) is 7.74. The first kappa shape index (κ1) is 16.0. The molecule has 0 amide bonds.